The zero-order chi connectivity index (χ0) is 31.2. The summed E-state index contributed by atoms with van der Waals surface area (Å²) in [7, 11) is 0. The quantitative estimate of drug-likeness (QED) is 0.222. The van der Waals surface area contributed by atoms with E-state index in [1.54, 1.807) is 28.5 Å². The fourth-order valence-electron chi connectivity index (χ4n) is 5.69. The third kappa shape index (κ3) is 11.8. The van der Waals surface area contributed by atoms with Crippen LogP contribution in [-0.4, -0.2) is 5.43 Å². The van der Waals surface area contributed by atoms with E-state index in [0.29, 0.717) is 11.8 Å². The van der Waals surface area contributed by atoms with Crippen LogP contribution in [0.5, 0.6) is 0 Å². The minimum absolute atomic E-state index is 0. The number of benzene rings is 3. The average Bonchev–Trinajstić information content (AvgIpc) is 3.69. The molecule has 45 heavy (non-hydrogen) atoms. The first-order valence-corrected chi connectivity index (χ1v) is 22.0. The van der Waals surface area contributed by atoms with Gasteiger partial charge in [-0.1, -0.05) is 150 Å². The Morgan fingerprint density at radius 3 is 1.24 bits per heavy atom. The van der Waals surface area contributed by atoms with Crippen LogP contribution in [0, 0.1) is 24.0 Å². The van der Waals surface area contributed by atoms with Crippen molar-refractivity contribution in [3.63, 3.8) is 0 Å². The zero-order valence-corrected chi connectivity index (χ0v) is 33.3. The summed E-state index contributed by atoms with van der Waals surface area (Å²) in [6, 6.07) is 28.3. The first-order valence-electron chi connectivity index (χ1n) is 16.4. The standard InChI is InChI=1S/2C17H21.C7H8Si.2ClH.Zr/c2*1-4-13-11-15(6-3)17(12-13)16-10-8-7-9-14(16)5-2;1-8-7-5-3-2-4-6-7;;;/h2*7-10,12-13H,4-6H2,1-3H3;2-6H,1H3;2*1H;/q2*-1;;;;+2/p-2. The van der Waals surface area contributed by atoms with Gasteiger partial charge in [0, 0.05) is 0 Å². The van der Waals surface area contributed by atoms with Crippen LogP contribution in [0.3, 0.4) is 0 Å². The summed E-state index contributed by atoms with van der Waals surface area (Å²) in [5.74, 6) is 1.04. The number of aryl methyl sites for hydroxylation is 2. The molecular weight excluding hydrogens is 683 g/mol. The fourth-order valence-corrected chi connectivity index (χ4v) is 7.61. The van der Waals surface area contributed by atoms with Crippen LogP contribution in [0.4, 0.5) is 0 Å². The third-order valence-electron chi connectivity index (χ3n) is 8.28. The summed E-state index contributed by atoms with van der Waals surface area (Å²) in [5, 5.41) is 1.56. The Balaban J connectivity index is 0.000000346. The van der Waals surface area contributed by atoms with Crippen molar-refractivity contribution < 1.29 is 48.1 Å². The van der Waals surface area contributed by atoms with Crippen LogP contribution in [0.15, 0.2) is 102 Å². The molecule has 0 saturated carbocycles. The molecule has 3 aromatic carbocycles. The molecule has 0 radical (unpaired) electrons. The van der Waals surface area contributed by atoms with E-state index in [1.807, 2.05) is 0 Å². The van der Waals surface area contributed by atoms with Gasteiger partial charge < -0.3 is 24.8 Å². The molecule has 0 bridgehead atoms. The predicted molar refractivity (Wildman–Crippen MR) is 187 cm³/mol. The summed E-state index contributed by atoms with van der Waals surface area (Å²) in [6.07, 6.45) is 18.7. The molecule has 0 aliphatic heterocycles. The van der Waals surface area contributed by atoms with Gasteiger partial charge in [0.2, 0.25) is 0 Å². The van der Waals surface area contributed by atoms with Crippen LogP contribution >= 0.6 is 0 Å². The Morgan fingerprint density at radius 2 is 0.933 bits per heavy atom. The van der Waals surface area contributed by atoms with Crippen molar-refractivity contribution in [1.29, 1.82) is 0 Å². The number of hydrogen-bond acceptors (Lipinski definition) is 0. The predicted octanol–water partition coefficient (Wildman–Crippen LogP) is 4.69. The van der Waals surface area contributed by atoms with Crippen LogP contribution < -0.4 is 30.0 Å². The molecule has 0 saturated heterocycles. The molecule has 0 heterocycles. The van der Waals surface area contributed by atoms with Gasteiger partial charge in [-0.2, -0.15) is 23.3 Å². The second kappa shape index (κ2) is 22.0. The van der Waals surface area contributed by atoms with Crippen molar-refractivity contribution in [3.8, 4) is 0 Å². The third-order valence-corrected chi connectivity index (χ3v) is 11.6. The van der Waals surface area contributed by atoms with Crippen LogP contribution in [0.1, 0.15) is 89.5 Å². The van der Waals surface area contributed by atoms with Gasteiger partial charge in [0.25, 0.3) is 0 Å². The van der Waals surface area contributed by atoms with E-state index in [4.69, 9.17) is 0 Å². The summed E-state index contributed by atoms with van der Waals surface area (Å²) >= 11 is 1.69. The number of allylic oxidation sites excluding steroid dienone is 8. The van der Waals surface area contributed by atoms with Gasteiger partial charge in [0.15, 0.2) is 0 Å². The van der Waals surface area contributed by atoms with Crippen molar-refractivity contribution in [2.45, 2.75) is 86.6 Å². The van der Waals surface area contributed by atoms with Gasteiger partial charge in [0.05, 0.1) is 0 Å². The Labute approximate surface area is 302 Å². The Kier molecular flexibility index (Phi) is 20.2. The van der Waals surface area contributed by atoms with Gasteiger partial charge in [-0.25, -0.2) is 11.1 Å². The average molecular weight is 733 g/mol. The van der Waals surface area contributed by atoms with E-state index >= 15 is 0 Å². The summed E-state index contributed by atoms with van der Waals surface area (Å²) < 4.78 is 0. The number of hydrogen-bond donors (Lipinski definition) is 0. The van der Waals surface area contributed by atoms with E-state index in [0.717, 1.165) is 38.5 Å². The Hall–Kier alpha value is -1.70. The zero-order valence-electron chi connectivity index (χ0n) is 28.3. The topological polar surface area (TPSA) is 0 Å². The molecule has 2 aliphatic carbocycles. The summed E-state index contributed by atoms with van der Waals surface area (Å²) in [6.45, 7) is 15.7. The number of rotatable bonds is 9. The van der Waals surface area contributed by atoms with E-state index < -0.39 is 0 Å². The van der Waals surface area contributed by atoms with Crippen LogP contribution in [-0.2, 0) is 36.2 Å². The van der Waals surface area contributed by atoms with Crippen LogP contribution in [0.2, 0.25) is 6.55 Å². The van der Waals surface area contributed by atoms with Gasteiger partial charge in [-0.15, -0.1) is 0 Å². The molecule has 0 amide bonds. The SMILES string of the molecule is CCC1=[C-]C(CC)C=C1c1ccccc1CC.CCC1=[C-]C(CC)C=C1c1ccccc1CC.C[Si](=[Zr+2])c1ccccc1.[Cl-].[Cl-]. The molecule has 0 spiro atoms. The molecule has 238 valence electrons. The molecule has 3 aromatic rings. The van der Waals surface area contributed by atoms with Gasteiger partial charge in [-0.3, -0.25) is 12.2 Å². The molecule has 2 atom stereocenters. The number of halogens is 2. The van der Waals surface area contributed by atoms with Crippen molar-refractivity contribution in [3.05, 3.63) is 137 Å². The fraction of sp³-hybridized carbons (Fsp3) is 0.366. The van der Waals surface area contributed by atoms with E-state index in [-0.39, 0.29) is 30.2 Å². The minimum atomic E-state index is -0.122. The summed E-state index contributed by atoms with van der Waals surface area (Å²) in [4.78, 5) is 0. The second-order valence-electron chi connectivity index (χ2n) is 11.2. The first kappa shape index (κ1) is 41.3. The first-order chi connectivity index (χ1) is 20.9. The van der Waals surface area contributed by atoms with E-state index in [1.165, 1.54) is 44.5 Å². The van der Waals surface area contributed by atoms with Gasteiger partial charge >= 0.3 is 70.8 Å². The molecule has 5 rings (SSSR count). The van der Waals surface area contributed by atoms with Gasteiger partial charge in [0.1, 0.15) is 0 Å². The minimum Gasteiger partial charge on any atom is -1.00 e. The molecule has 2 unspecified atom stereocenters. The molecule has 4 heteroatoms. The summed E-state index contributed by atoms with van der Waals surface area (Å²) in [5.41, 5.74) is 11.3. The monoisotopic (exact) mass is 730 g/mol. The van der Waals surface area contributed by atoms with E-state index in [2.05, 4.69) is 151 Å². The maximum Gasteiger partial charge on any atom is -1.00 e. The maximum atomic E-state index is 3.61. The molecule has 0 fully saturated rings. The normalized spacial score (nSPS) is 16.3. The largest absolute Gasteiger partial charge is 1.00 e. The van der Waals surface area contributed by atoms with Gasteiger partial charge in [-0.05, 0) is 12.8 Å². The smallest absolute Gasteiger partial charge is 1.00 e. The molecule has 0 nitrogen and oxygen atoms in total. The maximum absolute atomic E-state index is 3.61. The molecule has 0 aromatic heterocycles. The van der Waals surface area contributed by atoms with Crippen molar-refractivity contribution >= 4 is 21.8 Å². The van der Waals surface area contributed by atoms with E-state index in [9.17, 15) is 0 Å². The van der Waals surface area contributed by atoms with Crippen molar-refractivity contribution in [1.82, 2.24) is 0 Å². The molecule has 2 aliphatic rings. The Bertz CT molecular complexity index is 1380. The van der Waals surface area contributed by atoms with Crippen molar-refractivity contribution in [2.75, 3.05) is 0 Å². The second-order valence-corrected chi connectivity index (χ2v) is 18.5. The molecular formula is C41H50Cl2SiZr-2. The van der Waals surface area contributed by atoms with Crippen LogP contribution in [0.25, 0.3) is 11.1 Å². The molecule has 0 N–H and O–H groups in total. The van der Waals surface area contributed by atoms with Crippen molar-refractivity contribution in [2.24, 2.45) is 11.8 Å². The Morgan fingerprint density at radius 1 is 0.556 bits per heavy atom.